The summed E-state index contributed by atoms with van der Waals surface area (Å²) in [6.45, 7) is 4.90. The number of nitrogens with zero attached hydrogens (tertiary/aromatic N) is 3. The summed E-state index contributed by atoms with van der Waals surface area (Å²) in [5, 5.41) is 35.3. The molecule has 2 aliphatic carbocycles. The van der Waals surface area contributed by atoms with Gasteiger partial charge in [0.25, 0.3) is 5.91 Å². The first-order valence-corrected chi connectivity index (χ1v) is 14.5. The van der Waals surface area contributed by atoms with Crippen LogP contribution in [0, 0.1) is 18.7 Å². The van der Waals surface area contributed by atoms with Crippen LogP contribution in [0.15, 0.2) is 48.5 Å². The van der Waals surface area contributed by atoms with Crippen molar-refractivity contribution in [2.75, 3.05) is 6.54 Å². The third-order valence-corrected chi connectivity index (χ3v) is 8.19. The smallest absolute Gasteiger partial charge is 0.251 e. The van der Waals surface area contributed by atoms with Gasteiger partial charge in [0.1, 0.15) is 22.7 Å². The largest absolute Gasteiger partial charge is 0.488 e. The molecular weight excluding hydrogens is 559 g/mol. The van der Waals surface area contributed by atoms with Crippen LogP contribution in [0.3, 0.4) is 0 Å². The number of nitrogens with one attached hydrogen (secondary N) is 1. The van der Waals surface area contributed by atoms with Gasteiger partial charge in [0.15, 0.2) is 0 Å². The summed E-state index contributed by atoms with van der Waals surface area (Å²) < 4.78 is 19.7. The first kappa shape index (κ1) is 28.5. The number of halogens is 2. The van der Waals surface area contributed by atoms with Crippen LogP contribution in [-0.2, 0) is 11.2 Å². The highest BCUT2D eigenvalue weighted by Gasteiger charge is 2.47. The lowest BCUT2D eigenvalue weighted by Gasteiger charge is -2.31. The van der Waals surface area contributed by atoms with Crippen molar-refractivity contribution in [2.24, 2.45) is 5.92 Å². The molecule has 0 spiro atoms. The number of rotatable bonds is 9. The predicted octanol–water partition coefficient (Wildman–Crippen LogP) is 5.59. The van der Waals surface area contributed by atoms with Crippen molar-refractivity contribution in [1.29, 1.82) is 0 Å². The van der Waals surface area contributed by atoms with E-state index in [9.17, 15) is 19.4 Å². The minimum Gasteiger partial charge on any atom is -0.488 e. The Morgan fingerprint density at radius 1 is 1.07 bits per heavy atom. The zero-order chi connectivity index (χ0) is 29.8. The van der Waals surface area contributed by atoms with Crippen LogP contribution in [0.5, 0.6) is 5.75 Å². The van der Waals surface area contributed by atoms with E-state index in [1.54, 1.807) is 44.2 Å². The van der Waals surface area contributed by atoms with Crippen LogP contribution in [0.4, 0.5) is 4.39 Å². The average Bonchev–Trinajstić information content (AvgIpc) is 3.86. The maximum absolute atomic E-state index is 13.7. The summed E-state index contributed by atoms with van der Waals surface area (Å²) >= 11 is 6.72. The van der Waals surface area contributed by atoms with Crippen LogP contribution in [0.1, 0.15) is 66.8 Å². The highest BCUT2D eigenvalue weighted by molar-refractivity contribution is 6.34. The van der Waals surface area contributed by atoms with Crippen LogP contribution >= 0.6 is 11.6 Å². The molecule has 218 valence electrons. The normalized spacial score (nSPS) is 16.7. The molecule has 3 N–H and O–H groups in total. The third-order valence-electron chi connectivity index (χ3n) is 7.81. The van der Waals surface area contributed by atoms with Crippen molar-refractivity contribution in [3.05, 3.63) is 81.9 Å². The van der Waals surface area contributed by atoms with Crippen LogP contribution in [0.25, 0.3) is 22.2 Å². The molecule has 1 atom stereocenters. The highest BCUT2D eigenvalue weighted by Crippen LogP contribution is 2.47. The number of hydrogen-bond donors (Lipinski definition) is 3. The van der Waals surface area contributed by atoms with Gasteiger partial charge in [-0.2, -0.15) is 5.10 Å². The van der Waals surface area contributed by atoms with Crippen LogP contribution in [0.2, 0.25) is 5.02 Å². The van der Waals surface area contributed by atoms with E-state index >= 15 is 0 Å². The number of amides is 1. The lowest BCUT2D eigenvalue weighted by molar-refractivity contribution is 0.00889. The Morgan fingerprint density at radius 2 is 1.79 bits per heavy atom. The van der Waals surface area contributed by atoms with Gasteiger partial charge in [-0.1, -0.05) is 11.6 Å². The van der Waals surface area contributed by atoms with Gasteiger partial charge in [-0.15, -0.1) is 5.10 Å². The molecule has 2 aromatic heterocycles. The Kier molecular flexibility index (Phi) is 7.15. The molecule has 10 heteroatoms. The first-order chi connectivity index (χ1) is 19.9. The lowest BCUT2D eigenvalue weighted by Crippen LogP contribution is -2.43. The molecule has 2 aliphatic rings. The number of aliphatic hydroxyl groups is 2. The summed E-state index contributed by atoms with van der Waals surface area (Å²) in [6, 6.07) is 12.5. The summed E-state index contributed by atoms with van der Waals surface area (Å²) in [6.07, 6.45) is 3.49. The summed E-state index contributed by atoms with van der Waals surface area (Å²) in [5.41, 5.74) is 0.267. The van der Waals surface area contributed by atoms with Gasteiger partial charge in [-0.25, -0.2) is 9.37 Å². The van der Waals surface area contributed by atoms with Gasteiger partial charge in [0, 0.05) is 22.1 Å². The van der Waals surface area contributed by atoms with E-state index in [0.717, 1.165) is 31.1 Å². The van der Waals surface area contributed by atoms with E-state index < -0.39 is 17.0 Å². The number of hydrogen-bond acceptors (Lipinski definition) is 7. The fourth-order valence-electron chi connectivity index (χ4n) is 5.13. The number of carbonyl (C=O) groups is 1. The Hall–Kier alpha value is -3.66. The second kappa shape index (κ2) is 10.6. The van der Waals surface area contributed by atoms with Crippen molar-refractivity contribution < 1.29 is 24.1 Å². The topological polar surface area (TPSA) is 117 Å². The zero-order valence-electron chi connectivity index (χ0n) is 23.6. The summed E-state index contributed by atoms with van der Waals surface area (Å²) in [4.78, 5) is 18.3. The maximum atomic E-state index is 13.7. The van der Waals surface area contributed by atoms with Gasteiger partial charge in [0.05, 0.1) is 40.4 Å². The minimum atomic E-state index is -1.54. The molecule has 6 rings (SSSR count). The van der Waals surface area contributed by atoms with E-state index in [1.165, 1.54) is 12.1 Å². The van der Waals surface area contributed by atoms with E-state index in [2.05, 4.69) is 15.5 Å². The van der Waals surface area contributed by atoms with Crippen LogP contribution < -0.4 is 10.1 Å². The molecular formula is C32H32ClFN4O4. The maximum Gasteiger partial charge on any atom is 0.251 e. The molecule has 2 saturated carbocycles. The summed E-state index contributed by atoms with van der Waals surface area (Å²) in [5.74, 6) is -0.456. The molecule has 4 aromatic rings. The fraction of sp³-hybridized carbons (Fsp3) is 0.375. The second-order valence-corrected chi connectivity index (χ2v) is 12.3. The van der Waals surface area contributed by atoms with Crippen molar-refractivity contribution >= 4 is 28.4 Å². The van der Waals surface area contributed by atoms with Crippen molar-refractivity contribution in [3.63, 3.8) is 0 Å². The van der Waals surface area contributed by atoms with Gasteiger partial charge >= 0.3 is 0 Å². The number of carbonyl (C=O) groups excluding carboxylic acids is 1. The fourth-order valence-corrected chi connectivity index (χ4v) is 5.57. The molecule has 42 heavy (non-hydrogen) atoms. The molecule has 0 bridgehead atoms. The number of pyridine rings is 1. The van der Waals surface area contributed by atoms with E-state index in [1.807, 2.05) is 13.0 Å². The van der Waals surface area contributed by atoms with E-state index in [0.29, 0.717) is 39.3 Å². The predicted molar refractivity (Wildman–Crippen MR) is 157 cm³/mol. The van der Waals surface area contributed by atoms with E-state index in [4.69, 9.17) is 21.3 Å². The van der Waals surface area contributed by atoms with Gasteiger partial charge in [-0.3, -0.25) is 4.79 Å². The van der Waals surface area contributed by atoms with Gasteiger partial charge in [0.2, 0.25) is 0 Å². The molecule has 2 heterocycles. The molecule has 0 saturated heterocycles. The Bertz CT molecular complexity index is 1680. The number of ether oxygens (including phenoxy) is 1. The summed E-state index contributed by atoms with van der Waals surface area (Å²) in [7, 11) is 0. The Labute approximate surface area is 247 Å². The van der Waals surface area contributed by atoms with Gasteiger partial charge < -0.3 is 20.3 Å². The standard InChI is InChI=1S/C32H32ClFN4O4/c1-17-12-19-13-20(14-25(28(19)38-37-17)42-23-10-11-23)30(39)35-16-32(41,21-6-7-21)26-15-24(31(2,3)40)27(33)29(36-26)18-4-8-22(34)9-5-18/h4-5,8-9,12-15,21,23,40-41H,6-7,10-11,16H2,1-3H3,(H,35,39). The lowest BCUT2D eigenvalue weighted by atomic mass is 9.88. The number of benzene rings is 2. The Balaban J connectivity index is 1.35. The Morgan fingerprint density at radius 3 is 2.43 bits per heavy atom. The SMILES string of the molecule is Cc1cc2cc(C(=O)NCC(O)(c3cc(C(C)(C)O)c(Cl)c(-c4ccc(F)cc4)n3)C3CC3)cc(OC3CC3)c2nn1. The molecule has 0 aliphatic heterocycles. The number of fused-ring (bicyclic) bond motifs is 1. The molecule has 1 unspecified atom stereocenters. The molecule has 2 fully saturated rings. The highest BCUT2D eigenvalue weighted by atomic mass is 35.5. The molecule has 1 amide bonds. The molecule has 2 aromatic carbocycles. The van der Waals surface area contributed by atoms with Crippen LogP contribution in [-0.4, -0.2) is 44.0 Å². The molecule has 0 radical (unpaired) electrons. The molecule has 8 nitrogen and oxygen atoms in total. The average molecular weight is 591 g/mol. The zero-order valence-corrected chi connectivity index (χ0v) is 24.4. The first-order valence-electron chi connectivity index (χ1n) is 14.1. The monoisotopic (exact) mass is 590 g/mol. The van der Waals surface area contributed by atoms with Crippen molar-refractivity contribution in [2.45, 2.75) is 63.8 Å². The third kappa shape index (κ3) is 5.69. The number of aromatic nitrogens is 3. The van der Waals surface area contributed by atoms with E-state index in [-0.39, 0.29) is 35.2 Å². The quantitative estimate of drug-likeness (QED) is 0.233. The van der Waals surface area contributed by atoms with Gasteiger partial charge in [-0.05, 0) is 101 Å². The second-order valence-electron chi connectivity index (χ2n) is 11.9. The van der Waals surface area contributed by atoms with Crippen molar-refractivity contribution in [3.8, 4) is 17.0 Å². The number of aryl methyl sites for hydroxylation is 1. The van der Waals surface area contributed by atoms with Crippen molar-refractivity contribution in [1.82, 2.24) is 20.5 Å². The minimum absolute atomic E-state index is 0.103.